The molecule has 2 heterocycles. The molecule has 0 aliphatic carbocycles. The number of ether oxygens (including phenoxy) is 2. The smallest absolute Gasteiger partial charge is 0.327 e. The third-order valence-electron chi connectivity index (χ3n) is 5.89. The number of aromatic nitrogens is 2. The Kier molecular flexibility index (Phi) is 6.70. The lowest BCUT2D eigenvalue weighted by Crippen LogP contribution is -2.27. The number of anilines is 2. The highest BCUT2D eigenvalue weighted by Crippen LogP contribution is 2.46. The fourth-order valence-corrected chi connectivity index (χ4v) is 4.21. The number of hydrogen-bond donors (Lipinski definition) is 1. The first-order valence-electron chi connectivity index (χ1n) is 10.6. The number of nitrogens with zero attached hydrogens (tertiary/aromatic N) is 4. The summed E-state index contributed by atoms with van der Waals surface area (Å²) in [7, 11) is 1.38. The maximum absolute atomic E-state index is 14.7. The summed E-state index contributed by atoms with van der Waals surface area (Å²) in [5.41, 5.74) is 0.395. The summed E-state index contributed by atoms with van der Waals surface area (Å²) in [6.07, 6.45) is 3.36. The van der Waals surface area contributed by atoms with Crippen molar-refractivity contribution < 1.29 is 18.8 Å². The number of benzene rings is 2. The summed E-state index contributed by atoms with van der Waals surface area (Å²) < 4.78 is 26.2. The molecule has 0 atom stereocenters. The molecular weight excluding hydrogens is 464 g/mol. The van der Waals surface area contributed by atoms with Crippen LogP contribution in [0.1, 0.15) is 18.4 Å². The average molecular weight is 484 g/mol. The number of hydrogen-bond acceptors (Lipinski definition) is 8. The van der Waals surface area contributed by atoms with Gasteiger partial charge < -0.3 is 14.8 Å². The molecule has 0 amide bonds. The van der Waals surface area contributed by atoms with Crippen molar-refractivity contribution in [1.82, 2.24) is 9.97 Å². The van der Waals surface area contributed by atoms with Crippen molar-refractivity contribution in [3.63, 3.8) is 0 Å². The van der Waals surface area contributed by atoms with Gasteiger partial charge in [0.2, 0.25) is 5.75 Å². The molecule has 174 valence electrons. The maximum atomic E-state index is 14.7. The van der Waals surface area contributed by atoms with Crippen LogP contribution in [0.15, 0.2) is 24.5 Å². The third kappa shape index (κ3) is 4.41. The Morgan fingerprint density at radius 1 is 1.35 bits per heavy atom. The molecule has 34 heavy (non-hydrogen) atoms. The lowest BCUT2D eigenvalue weighted by atomic mass is 9.42. The van der Waals surface area contributed by atoms with E-state index >= 15 is 0 Å². The Bertz CT molecular complexity index is 1310. The number of aryl methyl sites for hydroxylation is 1. The van der Waals surface area contributed by atoms with Crippen LogP contribution in [-0.4, -0.2) is 34.8 Å². The van der Waals surface area contributed by atoms with Gasteiger partial charge in [-0.1, -0.05) is 30.3 Å². The molecule has 0 bridgehead atoms. The minimum Gasteiger partial charge on any atom is -0.493 e. The number of rotatable bonds is 6. The molecule has 4 rings (SSSR count). The van der Waals surface area contributed by atoms with Crippen molar-refractivity contribution in [3.05, 3.63) is 51.0 Å². The van der Waals surface area contributed by atoms with E-state index in [4.69, 9.17) is 26.3 Å². The molecule has 0 saturated carbocycles. The van der Waals surface area contributed by atoms with Crippen LogP contribution < -0.4 is 14.8 Å². The number of nitriles is 1. The fraction of sp³-hybridized carbons (Fsp3) is 0.318. The molecule has 0 unspecified atom stereocenters. The predicted octanol–water partition coefficient (Wildman–Crippen LogP) is 5.49. The van der Waals surface area contributed by atoms with E-state index in [0.717, 1.165) is 0 Å². The van der Waals surface area contributed by atoms with Crippen molar-refractivity contribution in [2.45, 2.75) is 38.5 Å². The van der Waals surface area contributed by atoms with E-state index in [1.165, 1.54) is 25.6 Å². The summed E-state index contributed by atoms with van der Waals surface area (Å²) in [6.45, 7) is 1.62. The van der Waals surface area contributed by atoms with Gasteiger partial charge in [-0.3, -0.25) is 10.1 Å². The Morgan fingerprint density at radius 2 is 2.09 bits per heavy atom. The van der Waals surface area contributed by atoms with Gasteiger partial charge in [0.25, 0.3) is 6.71 Å². The van der Waals surface area contributed by atoms with E-state index in [-0.39, 0.29) is 51.7 Å². The largest absolute Gasteiger partial charge is 0.493 e. The van der Waals surface area contributed by atoms with Gasteiger partial charge in [-0.05, 0) is 31.4 Å². The number of nitro groups is 1. The third-order valence-corrected chi connectivity index (χ3v) is 6.36. The minimum absolute atomic E-state index is 0.0120. The van der Waals surface area contributed by atoms with E-state index in [2.05, 4.69) is 21.3 Å². The second kappa shape index (κ2) is 9.69. The SMILES string of the molecule is COc1cc2ncnc(Nc3ccc(C)c(Cl)c3F)c2c([N+](=O)[O-])c1OC1CCB(C#N)CC1. The molecule has 0 radical (unpaired) electrons. The summed E-state index contributed by atoms with van der Waals surface area (Å²) in [6, 6.07) is 4.62. The van der Waals surface area contributed by atoms with Crippen molar-refractivity contribution in [2.24, 2.45) is 0 Å². The molecule has 1 N–H and O–H groups in total. The van der Waals surface area contributed by atoms with Crippen molar-refractivity contribution in [1.29, 1.82) is 5.26 Å². The molecule has 1 fully saturated rings. The molecule has 1 aromatic heterocycles. The molecule has 1 aliphatic heterocycles. The summed E-state index contributed by atoms with van der Waals surface area (Å²) >= 11 is 6.03. The summed E-state index contributed by atoms with van der Waals surface area (Å²) in [5.74, 6) is 1.67. The molecule has 0 spiro atoms. The Morgan fingerprint density at radius 3 is 2.74 bits per heavy atom. The van der Waals surface area contributed by atoms with Gasteiger partial charge in [0, 0.05) is 12.0 Å². The normalized spacial score (nSPS) is 14.0. The maximum Gasteiger partial charge on any atom is 0.327 e. The molecule has 9 nitrogen and oxygen atoms in total. The standard InChI is InChI=1S/C22H20BClFN5O4/c1-12-3-4-14(19(25)18(12)24)29-22-17-15(27-11-28-22)9-16(33-2)21(20(17)30(31)32)34-13-5-7-23(10-26)8-6-13/h3-4,9,11,13H,5-8H2,1-2H3,(H,27,28,29). The second-order valence-corrected chi connectivity index (χ2v) is 8.41. The van der Waals surface area contributed by atoms with Crippen molar-refractivity contribution in [3.8, 4) is 17.5 Å². The first-order valence-corrected chi connectivity index (χ1v) is 11.0. The monoisotopic (exact) mass is 483 g/mol. The Hall–Kier alpha value is -3.65. The first-order chi connectivity index (χ1) is 16.3. The number of nitro benzene ring substituents is 1. The lowest BCUT2D eigenvalue weighted by molar-refractivity contribution is -0.384. The Labute approximate surface area is 200 Å². The highest BCUT2D eigenvalue weighted by molar-refractivity contribution is 6.67. The van der Waals surface area contributed by atoms with Crippen molar-refractivity contribution >= 4 is 46.4 Å². The van der Waals surface area contributed by atoms with E-state index in [1.54, 1.807) is 13.0 Å². The van der Waals surface area contributed by atoms with Crippen molar-refractivity contribution in [2.75, 3.05) is 12.4 Å². The van der Waals surface area contributed by atoms with Gasteiger partial charge in [-0.25, -0.2) is 19.6 Å². The van der Waals surface area contributed by atoms with Crippen LogP contribution in [0.2, 0.25) is 17.7 Å². The van der Waals surface area contributed by atoms with Crippen LogP contribution in [-0.2, 0) is 0 Å². The number of fused-ring (bicyclic) bond motifs is 1. The zero-order valence-electron chi connectivity index (χ0n) is 18.5. The number of halogens is 2. The lowest BCUT2D eigenvalue weighted by Gasteiger charge is -2.25. The van der Waals surface area contributed by atoms with Crippen LogP contribution in [0.3, 0.4) is 0 Å². The van der Waals surface area contributed by atoms with E-state index < -0.39 is 16.4 Å². The van der Waals surface area contributed by atoms with E-state index in [1.807, 2.05) is 0 Å². The summed E-state index contributed by atoms with van der Waals surface area (Å²) in [5, 5.41) is 24.2. The van der Waals surface area contributed by atoms with Gasteiger partial charge in [0.1, 0.15) is 17.5 Å². The van der Waals surface area contributed by atoms with Crippen LogP contribution in [0, 0.1) is 34.1 Å². The van der Waals surface area contributed by atoms with Crippen LogP contribution in [0.4, 0.5) is 21.6 Å². The van der Waals surface area contributed by atoms with Gasteiger partial charge in [0.05, 0.1) is 34.4 Å². The molecular formula is C22H20BClFN5O4. The van der Waals surface area contributed by atoms with E-state index in [9.17, 15) is 14.5 Å². The highest BCUT2D eigenvalue weighted by atomic mass is 35.5. The van der Waals surface area contributed by atoms with Crippen LogP contribution >= 0.6 is 11.6 Å². The van der Waals surface area contributed by atoms with Crippen LogP contribution in [0.5, 0.6) is 11.5 Å². The molecule has 1 aliphatic rings. The second-order valence-electron chi connectivity index (χ2n) is 8.03. The topological polar surface area (TPSA) is 123 Å². The van der Waals surface area contributed by atoms with Gasteiger partial charge in [-0.2, -0.15) is 0 Å². The van der Waals surface area contributed by atoms with Gasteiger partial charge in [0.15, 0.2) is 11.6 Å². The minimum atomic E-state index is -0.699. The Balaban J connectivity index is 1.83. The van der Waals surface area contributed by atoms with E-state index in [0.29, 0.717) is 31.0 Å². The first kappa shape index (κ1) is 23.5. The quantitative estimate of drug-likeness (QED) is 0.277. The van der Waals surface area contributed by atoms with Gasteiger partial charge in [-0.15, -0.1) is 0 Å². The fourth-order valence-electron chi connectivity index (χ4n) is 4.04. The zero-order chi connectivity index (χ0) is 24.4. The highest BCUT2D eigenvalue weighted by Gasteiger charge is 2.33. The molecule has 2 aromatic carbocycles. The number of methoxy groups -OCH3 is 1. The molecule has 1 saturated heterocycles. The van der Waals surface area contributed by atoms with Crippen LogP contribution in [0.25, 0.3) is 10.9 Å². The average Bonchev–Trinajstić information content (AvgIpc) is 2.84. The number of nitrogens with one attached hydrogen (secondary N) is 1. The zero-order valence-corrected chi connectivity index (χ0v) is 19.2. The summed E-state index contributed by atoms with van der Waals surface area (Å²) in [4.78, 5) is 20.0. The molecule has 3 aromatic rings. The van der Waals surface area contributed by atoms with Gasteiger partial charge >= 0.3 is 5.69 Å². The predicted molar refractivity (Wildman–Crippen MR) is 127 cm³/mol. The molecule has 12 heteroatoms.